The minimum absolute atomic E-state index is 0.151. The van der Waals surface area contributed by atoms with Gasteiger partial charge in [0.05, 0.1) is 5.56 Å². The lowest BCUT2D eigenvalue weighted by Gasteiger charge is -2.09. The molecule has 0 radical (unpaired) electrons. The number of hydrogen-bond acceptors (Lipinski definition) is 4. The van der Waals surface area contributed by atoms with Crippen LogP contribution in [0.3, 0.4) is 0 Å². The van der Waals surface area contributed by atoms with Gasteiger partial charge in [-0.05, 0) is 19.4 Å². The summed E-state index contributed by atoms with van der Waals surface area (Å²) in [7, 11) is 0. The molecule has 0 aliphatic rings. The Morgan fingerprint density at radius 1 is 1.22 bits per heavy atom. The van der Waals surface area contributed by atoms with E-state index in [0.29, 0.717) is 24.2 Å². The highest BCUT2D eigenvalue weighted by Crippen LogP contribution is 2.10. The molecule has 0 aliphatic carbocycles. The molecule has 0 bridgehead atoms. The third-order valence-corrected chi connectivity index (χ3v) is 2.35. The van der Waals surface area contributed by atoms with Gasteiger partial charge in [-0.15, -0.1) is 0 Å². The van der Waals surface area contributed by atoms with E-state index in [1.807, 2.05) is 0 Å². The molecule has 1 heterocycles. The van der Waals surface area contributed by atoms with Gasteiger partial charge in [-0.3, -0.25) is 9.59 Å². The Morgan fingerprint density at radius 3 is 2.39 bits per heavy atom. The zero-order chi connectivity index (χ0) is 13.7. The lowest BCUT2D eigenvalue weighted by atomic mass is 10.1. The van der Waals surface area contributed by atoms with Crippen LogP contribution < -0.4 is 16.3 Å². The fourth-order valence-electron chi connectivity index (χ4n) is 1.60. The number of hydrogen-bond donors (Lipinski definition) is 2. The highest BCUT2D eigenvalue weighted by molar-refractivity contribution is 5.96. The molecule has 0 saturated heterocycles. The number of carbonyl (C=O) groups excluding carboxylic acids is 2. The van der Waals surface area contributed by atoms with Gasteiger partial charge in [0.1, 0.15) is 5.76 Å². The Morgan fingerprint density at radius 2 is 1.83 bits per heavy atom. The van der Waals surface area contributed by atoms with E-state index in [1.165, 1.54) is 13.0 Å². The van der Waals surface area contributed by atoms with Crippen molar-refractivity contribution in [3.05, 3.63) is 33.4 Å². The molecule has 0 saturated carbocycles. The van der Waals surface area contributed by atoms with Gasteiger partial charge in [0.15, 0.2) is 0 Å². The van der Waals surface area contributed by atoms with Gasteiger partial charge < -0.3 is 15.1 Å². The second kappa shape index (κ2) is 6.00. The maximum atomic E-state index is 11.9. The van der Waals surface area contributed by atoms with Crippen LogP contribution in [0.15, 0.2) is 15.3 Å². The predicted octanol–water partition coefficient (Wildman–Crippen LogP) is 0.123. The first-order valence-electron chi connectivity index (χ1n) is 5.56. The molecule has 0 aliphatic heterocycles. The molecule has 98 valence electrons. The van der Waals surface area contributed by atoms with Crippen molar-refractivity contribution < 1.29 is 14.0 Å². The van der Waals surface area contributed by atoms with Crippen molar-refractivity contribution in [3.8, 4) is 0 Å². The van der Waals surface area contributed by atoms with Crippen LogP contribution in [-0.4, -0.2) is 24.9 Å². The van der Waals surface area contributed by atoms with Crippen molar-refractivity contribution in [2.75, 3.05) is 13.1 Å². The quantitative estimate of drug-likeness (QED) is 0.745. The molecule has 1 aromatic heterocycles. The summed E-state index contributed by atoms with van der Waals surface area (Å²) in [6.45, 7) is 5.32. The third-order valence-electron chi connectivity index (χ3n) is 2.35. The normalized spacial score (nSPS) is 9.94. The SMILES string of the molecule is CC(=O)NCCNC(=O)c1c(C)cc(=O)oc1C. The molecule has 0 spiro atoms. The van der Waals surface area contributed by atoms with E-state index < -0.39 is 5.63 Å². The first-order chi connectivity index (χ1) is 8.41. The highest BCUT2D eigenvalue weighted by atomic mass is 16.4. The molecule has 6 heteroatoms. The Hall–Kier alpha value is -2.11. The Labute approximate surface area is 104 Å². The molecule has 2 amide bonds. The van der Waals surface area contributed by atoms with Gasteiger partial charge >= 0.3 is 5.63 Å². The van der Waals surface area contributed by atoms with Gasteiger partial charge in [-0.2, -0.15) is 0 Å². The maximum Gasteiger partial charge on any atom is 0.336 e. The molecular formula is C12H16N2O4. The van der Waals surface area contributed by atoms with Crippen LogP contribution in [0.25, 0.3) is 0 Å². The van der Waals surface area contributed by atoms with E-state index in [1.54, 1.807) is 13.8 Å². The molecule has 0 atom stereocenters. The number of nitrogens with one attached hydrogen (secondary N) is 2. The topological polar surface area (TPSA) is 88.4 Å². The van der Waals surface area contributed by atoms with Crippen molar-refractivity contribution in [3.63, 3.8) is 0 Å². The standard InChI is InChI=1S/C12H16N2O4/c1-7-6-10(16)18-8(2)11(7)12(17)14-5-4-13-9(3)15/h6H,4-5H2,1-3H3,(H,13,15)(H,14,17). The lowest BCUT2D eigenvalue weighted by molar-refractivity contribution is -0.118. The van der Waals surface area contributed by atoms with Crippen LogP contribution in [0.4, 0.5) is 0 Å². The largest absolute Gasteiger partial charge is 0.427 e. The van der Waals surface area contributed by atoms with Crippen molar-refractivity contribution >= 4 is 11.8 Å². The molecule has 1 aromatic rings. The number of rotatable bonds is 4. The fourth-order valence-corrected chi connectivity index (χ4v) is 1.60. The van der Waals surface area contributed by atoms with Crippen molar-refractivity contribution in [1.29, 1.82) is 0 Å². The second-order valence-corrected chi connectivity index (χ2v) is 3.92. The zero-order valence-corrected chi connectivity index (χ0v) is 10.6. The average molecular weight is 252 g/mol. The molecular weight excluding hydrogens is 236 g/mol. The van der Waals surface area contributed by atoms with E-state index in [4.69, 9.17) is 4.42 Å². The van der Waals surface area contributed by atoms with Crippen molar-refractivity contribution in [2.45, 2.75) is 20.8 Å². The molecule has 1 rings (SSSR count). The van der Waals surface area contributed by atoms with Crippen LogP contribution in [0.1, 0.15) is 28.6 Å². The van der Waals surface area contributed by atoms with Gasteiger partial charge in [0.2, 0.25) is 5.91 Å². The number of carbonyl (C=O) groups is 2. The third kappa shape index (κ3) is 3.73. The molecule has 0 fully saturated rings. The maximum absolute atomic E-state index is 11.9. The molecule has 0 unspecified atom stereocenters. The van der Waals surface area contributed by atoms with E-state index in [2.05, 4.69) is 10.6 Å². The summed E-state index contributed by atoms with van der Waals surface area (Å²) in [6, 6.07) is 1.27. The first-order valence-corrected chi connectivity index (χ1v) is 5.56. The van der Waals surface area contributed by atoms with Crippen LogP contribution in [0, 0.1) is 13.8 Å². The Balaban J connectivity index is 2.67. The smallest absolute Gasteiger partial charge is 0.336 e. The summed E-state index contributed by atoms with van der Waals surface area (Å²) in [6.07, 6.45) is 0. The van der Waals surface area contributed by atoms with Crippen LogP contribution in [0.5, 0.6) is 0 Å². The monoisotopic (exact) mass is 252 g/mol. The van der Waals surface area contributed by atoms with E-state index >= 15 is 0 Å². The van der Waals surface area contributed by atoms with Gasteiger partial charge in [-0.1, -0.05) is 0 Å². The number of aryl methyl sites for hydroxylation is 2. The van der Waals surface area contributed by atoms with Crippen LogP contribution >= 0.6 is 0 Å². The summed E-state index contributed by atoms with van der Waals surface area (Å²) in [5, 5.41) is 5.20. The van der Waals surface area contributed by atoms with Crippen molar-refractivity contribution in [1.82, 2.24) is 10.6 Å². The summed E-state index contributed by atoms with van der Waals surface area (Å²) < 4.78 is 4.87. The molecule has 18 heavy (non-hydrogen) atoms. The lowest BCUT2D eigenvalue weighted by Crippen LogP contribution is -2.34. The Bertz CT molecular complexity index is 493. The van der Waals surface area contributed by atoms with E-state index in [9.17, 15) is 14.4 Å². The number of amides is 2. The Kier molecular flexibility index (Phi) is 4.65. The fraction of sp³-hybridized carbons (Fsp3) is 0.417. The molecule has 2 N–H and O–H groups in total. The van der Waals surface area contributed by atoms with E-state index in [-0.39, 0.29) is 17.6 Å². The molecule has 6 nitrogen and oxygen atoms in total. The zero-order valence-electron chi connectivity index (χ0n) is 10.6. The predicted molar refractivity (Wildman–Crippen MR) is 65.5 cm³/mol. The minimum Gasteiger partial charge on any atom is -0.427 e. The van der Waals surface area contributed by atoms with Crippen LogP contribution in [-0.2, 0) is 4.79 Å². The van der Waals surface area contributed by atoms with Gasteiger partial charge in [0, 0.05) is 26.1 Å². The summed E-state index contributed by atoms with van der Waals surface area (Å²) in [5.41, 5.74) is 0.456. The first kappa shape index (κ1) is 14.0. The average Bonchev–Trinajstić information content (AvgIpc) is 2.22. The van der Waals surface area contributed by atoms with Gasteiger partial charge in [0.25, 0.3) is 5.91 Å². The highest BCUT2D eigenvalue weighted by Gasteiger charge is 2.14. The summed E-state index contributed by atoms with van der Waals surface area (Å²) >= 11 is 0. The second-order valence-electron chi connectivity index (χ2n) is 3.92. The van der Waals surface area contributed by atoms with Crippen LogP contribution in [0.2, 0.25) is 0 Å². The summed E-state index contributed by atoms with van der Waals surface area (Å²) in [4.78, 5) is 33.6. The van der Waals surface area contributed by atoms with Crippen molar-refractivity contribution in [2.24, 2.45) is 0 Å². The minimum atomic E-state index is -0.472. The molecule has 0 aromatic carbocycles. The van der Waals surface area contributed by atoms with Gasteiger partial charge in [-0.25, -0.2) is 4.79 Å². The summed E-state index contributed by atoms with van der Waals surface area (Å²) in [5.74, 6) is -0.182. The van der Waals surface area contributed by atoms with E-state index in [0.717, 1.165) is 0 Å².